The molecule has 0 aliphatic heterocycles. The van der Waals surface area contributed by atoms with Crippen molar-refractivity contribution >= 4 is 23.4 Å². The van der Waals surface area contributed by atoms with E-state index in [2.05, 4.69) is 15.6 Å². The molecule has 0 bridgehead atoms. The van der Waals surface area contributed by atoms with Crippen molar-refractivity contribution in [3.8, 4) is 23.0 Å². The first-order valence-electron chi connectivity index (χ1n) is 14.5. The topological polar surface area (TPSA) is 176 Å². The quantitative estimate of drug-likeness (QED) is 0.0714. The summed E-state index contributed by atoms with van der Waals surface area (Å²) in [4.78, 5) is 27.5. The molecule has 0 aromatic heterocycles. The minimum atomic E-state index is -0.808. The van der Waals surface area contributed by atoms with E-state index in [-0.39, 0.29) is 35.6 Å². The molecule has 11 heteroatoms. The summed E-state index contributed by atoms with van der Waals surface area (Å²) in [5, 5.41) is 36.1. The second kappa shape index (κ2) is 15.8. The molecule has 2 aromatic carbocycles. The molecule has 2 atom stereocenters. The summed E-state index contributed by atoms with van der Waals surface area (Å²) in [7, 11) is 4.86. The van der Waals surface area contributed by atoms with Crippen LogP contribution in [-0.4, -0.2) is 66.4 Å². The Labute approximate surface area is 252 Å². The molecule has 1 aliphatic carbocycles. The number of hydrogen-bond donors (Lipinski definition) is 6. The zero-order valence-corrected chi connectivity index (χ0v) is 25.2. The van der Waals surface area contributed by atoms with Gasteiger partial charge in [0, 0.05) is 26.4 Å². The van der Waals surface area contributed by atoms with Gasteiger partial charge >= 0.3 is 5.97 Å². The third kappa shape index (κ3) is 9.92. The molecule has 0 spiro atoms. The lowest BCUT2D eigenvalue weighted by atomic mass is 9.96. The van der Waals surface area contributed by atoms with E-state index in [1.165, 1.54) is 14.2 Å². The number of nitrogens with two attached hydrogens (primary N) is 1. The second-order valence-electron chi connectivity index (χ2n) is 11.0. The fraction of sp³-hybridized carbons (Fsp3) is 0.469. The van der Waals surface area contributed by atoms with Crippen LogP contribution in [-0.2, 0) is 22.4 Å². The molecule has 1 fully saturated rings. The number of allylic oxidation sites excluding steroid dienone is 2. The number of carboxylic acid groups (broad SMARTS) is 1. The normalized spacial score (nSPS) is 18.6. The Bertz CT molecular complexity index is 1330. The number of likely N-dealkylation sites (N-methyl/N-ethyl adjacent to an activating group) is 1. The number of methoxy groups -OCH3 is 1. The van der Waals surface area contributed by atoms with E-state index >= 15 is 0 Å². The molecule has 0 saturated heterocycles. The van der Waals surface area contributed by atoms with Crippen LogP contribution < -0.4 is 25.8 Å². The number of anilines is 1. The lowest BCUT2D eigenvalue weighted by Crippen LogP contribution is -2.42. The predicted octanol–water partition coefficient (Wildman–Crippen LogP) is 4.16. The van der Waals surface area contributed by atoms with E-state index in [9.17, 15) is 19.8 Å². The summed E-state index contributed by atoms with van der Waals surface area (Å²) in [6.07, 6.45) is 8.36. The monoisotopic (exact) mass is 596 g/mol. The smallest absolute Gasteiger partial charge is 0.303 e. The van der Waals surface area contributed by atoms with Gasteiger partial charge in [-0.1, -0.05) is 12.1 Å². The largest absolute Gasteiger partial charge is 0.504 e. The van der Waals surface area contributed by atoms with Crippen LogP contribution in [0.25, 0.3) is 0 Å². The molecule has 1 saturated carbocycles. The lowest BCUT2D eigenvalue weighted by Gasteiger charge is -2.31. The molecule has 0 heterocycles. The van der Waals surface area contributed by atoms with Crippen LogP contribution in [0.4, 0.5) is 5.69 Å². The van der Waals surface area contributed by atoms with Crippen molar-refractivity contribution in [2.24, 2.45) is 16.6 Å². The zero-order chi connectivity index (χ0) is 31.4. The maximum Gasteiger partial charge on any atom is 0.303 e. The number of carbonyl (C=O) groups is 2. The van der Waals surface area contributed by atoms with Crippen LogP contribution in [0, 0.1) is 5.92 Å². The van der Waals surface area contributed by atoms with Crippen molar-refractivity contribution in [2.75, 3.05) is 33.1 Å². The SMILES string of the molecule is CN=C(N)Nc1cc(CCC=CC(=O)CCc2ccc(O)c(OC)c2)cc(O[C@@]2(CNC)CC[C@H](CCC(=O)O)C2)c1O. The molecular formula is C32H44N4O7. The Hall–Kier alpha value is -4.25. The van der Waals surface area contributed by atoms with E-state index in [0.29, 0.717) is 62.3 Å². The third-order valence-electron chi connectivity index (χ3n) is 7.71. The number of guanidine groups is 1. The summed E-state index contributed by atoms with van der Waals surface area (Å²) < 4.78 is 11.7. The van der Waals surface area contributed by atoms with E-state index in [1.54, 1.807) is 36.4 Å². The fourth-order valence-electron chi connectivity index (χ4n) is 5.49. The van der Waals surface area contributed by atoms with Gasteiger partial charge in [0.15, 0.2) is 34.7 Å². The lowest BCUT2D eigenvalue weighted by molar-refractivity contribution is -0.137. The third-order valence-corrected chi connectivity index (χ3v) is 7.71. The van der Waals surface area contributed by atoms with Gasteiger partial charge in [0.25, 0.3) is 0 Å². The molecule has 0 radical (unpaired) electrons. The predicted molar refractivity (Wildman–Crippen MR) is 166 cm³/mol. The Morgan fingerprint density at radius 2 is 1.91 bits per heavy atom. The van der Waals surface area contributed by atoms with Gasteiger partial charge in [-0.15, -0.1) is 0 Å². The van der Waals surface area contributed by atoms with E-state index in [0.717, 1.165) is 24.0 Å². The number of ketones is 1. The van der Waals surface area contributed by atoms with Gasteiger partial charge in [0.1, 0.15) is 5.60 Å². The summed E-state index contributed by atoms with van der Waals surface area (Å²) in [5.41, 5.74) is 7.43. The Kier molecular flexibility index (Phi) is 12.2. The summed E-state index contributed by atoms with van der Waals surface area (Å²) in [6, 6.07) is 8.63. The van der Waals surface area contributed by atoms with E-state index < -0.39 is 11.6 Å². The fourth-order valence-corrected chi connectivity index (χ4v) is 5.49. The number of benzene rings is 2. The first kappa shape index (κ1) is 33.3. The number of nitrogens with zero attached hydrogens (tertiary/aromatic N) is 1. The molecular weight excluding hydrogens is 552 g/mol. The van der Waals surface area contributed by atoms with Crippen molar-refractivity contribution in [1.29, 1.82) is 0 Å². The molecule has 11 nitrogen and oxygen atoms in total. The van der Waals surface area contributed by atoms with E-state index in [4.69, 9.17) is 20.3 Å². The number of phenols is 2. The highest BCUT2D eigenvalue weighted by molar-refractivity contribution is 5.94. The van der Waals surface area contributed by atoms with Gasteiger partial charge in [0.05, 0.1) is 12.8 Å². The second-order valence-corrected chi connectivity index (χ2v) is 11.0. The van der Waals surface area contributed by atoms with Gasteiger partial charge in [-0.05, 0) is 99.4 Å². The van der Waals surface area contributed by atoms with Crippen molar-refractivity contribution in [3.05, 3.63) is 53.6 Å². The molecule has 3 rings (SSSR count). The van der Waals surface area contributed by atoms with Crippen LogP contribution in [0.1, 0.15) is 56.1 Å². The Morgan fingerprint density at radius 3 is 2.60 bits per heavy atom. The molecule has 234 valence electrons. The molecule has 0 unspecified atom stereocenters. The van der Waals surface area contributed by atoms with Gasteiger partial charge in [-0.2, -0.15) is 0 Å². The van der Waals surface area contributed by atoms with Crippen molar-refractivity contribution in [3.63, 3.8) is 0 Å². The summed E-state index contributed by atoms with van der Waals surface area (Å²) in [5.74, 6) is 0.188. The highest BCUT2D eigenvalue weighted by Gasteiger charge is 2.41. The molecule has 43 heavy (non-hydrogen) atoms. The van der Waals surface area contributed by atoms with Crippen molar-refractivity contribution < 1.29 is 34.4 Å². The minimum absolute atomic E-state index is 0.0104. The Morgan fingerprint density at radius 1 is 1.14 bits per heavy atom. The number of hydrogen-bond acceptors (Lipinski definition) is 8. The number of ether oxygens (including phenoxy) is 2. The Balaban J connectivity index is 1.69. The summed E-state index contributed by atoms with van der Waals surface area (Å²) >= 11 is 0. The average Bonchev–Trinajstić information content (AvgIpc) is 3.38. The molecule has 0 amide bonds. The number of carboxylic acids is 1. The minimum Gasteiger partial charge on any atom is -0.504 e. The summed E-state index contributed by atoms with van der Waals surface area (Å²) in [6.45, 7) is 0.545. The first-order valence-corrected chi connectivity index (χ1v) is 14.5. The van der Waals surface area contributed by atoms with Crippen LogP contribution in [0.5, 0.6) is 23.0 Å². The van der Waals surface area contributed by atoms with Crippen LogP contribution in [0.15, 0.2) is 47.5 Å². The average molecular weight is 597 g/mol. The maximum absolute atomic E-state index is 12.5. The van der Waals surface area contributed by atoms with Gasteiger partial charge in [-0.25, -0.2) is 0 Å². The number of phenolic OH excluding ortho intramolecular Hbond substituents is 2. The molecule has 2 aromatic rings. The number of rotatable bonds is 16. The molecule has 1 aliphatic rings. The van der Waals surface area contributed by atoms with Crippen LogP contribution >= 0.6 is 0 Å². The van der Waals surface area contributed by atoms with Crippen molar-refractivity contribution in [2.45, 2.75) is 63.4 Å². The van der Waals surface area contributed by atoms with E-state index in [1.807, 2.05) is 13.1 Å². The van der Waals surface area contributed by atoms with Crippen LogP contribution in [0.3, 0.4) is 0 Å². The highest BCUT2D eigenvalue weighted by Crippen LogP contribution is 2.44. The maximum atomic E-state index is 12.5. The molecule has 7 N–H and O–H groups in total. The number of carbonyl (C=O) groups excluding carboxylic acids is 1. The highest BCUT2D eigenvalue weighted by atomic mass is 16.5. The van der Waals surface area contributed by atoms with Gasteiger partial charge in [0.2, 0.25) is 0 Å². The zero-order valence-electron chi connectivity index (χ0n) is 25.2. The van der Waals surface area contributed by atoms with Gasteiger partial charge < -0.3 is 41.2 Å². The number of aliphatic carboxylic acids is 1. The number of aliphatic imine (C=N–C) groups is 1. The number of nitrogens with one attached hydrogen (secondary N) is 2. The standard InChI is InChI=1S/C32H44N4O7/c1-34-20-32(15-14-22(19-32)10-13-29(39)40)43-28-18-23(16-25(30(28)41)36-31(33)35-2)6-4-5-7-24(37)11-8-21-9-12-26(38)27(17-21)42-3/h5,7,9,12,16-18,22,34,38,41H,4,6,8,10-11,13-15,19-20H2,1-3H3,(H,39,40)(H3,33,35,36)/t22-,32-/m0/s1. The number of aryl methyl sites for hydroxylation is 2. The van der Waals surface area contributed by atoms with Crippen molar-refractivity contribution in [1.82, 2.24) is 5.32 Å². The first-order chi connectivity index (χ1) is 20.6. The van der Waals surface area contributed by atoms with Gasteiger partial charge in [-0.3, -0.25) is 14.6 Å². The number of aromatic hydroxyl groups is 2. The van der Waals surface area contributed by atoms with Crippen LogP contribution in [0.2, 0.25) is 0 Å².